The van der Waals surface area contributed by atoms with E-state index >= 15 is 0 Å². The SMILES string of the molecule is CC(C)(C)c1ccc(-c2cc(=O)c3ccc(NC(=O)c4ccc5c(c4)OCO5)cc3o2)cc1. The average Bonchev–Trinajstić information content (AvgIpc) is 3.26. The van der Waals surface area contributed by atoms with Crippen molar-refractivity contribution >= 4 is 22.6 Å². The Morgan fingerprint density at radius 3 is 2.39 bits per heavy atom. The summed E-state index contributed by atoms with van der Waals surface area (Å²) in [5.74, 6) is 1.33. The summed E-state index contributed by atoms with van der Waals surface area (Å²) in [6.07, 6.45) is 0. The molecule has 6 nitrogen and oxygen atoms in total. The Bertz CT molecular complexity index is 1430. The van der Waals surface area contributed by atoms with Crippen LogP contribution in [0.1, 0.15) is 36.7 Å². The summed E-state index contributed by atoms with van der Waals surface area (Å²) in [6, 6.07) is 19.5. The predicted molar refractivity (Wildman–Crippen MR) is 127 cm³/mol. The van der Waals surface area contributed by atoms with Crippen molar-refractivity contribution in [1.82, 2.24) is 0 Å². The quantitative estimate of drug-likeness (QED) is 0.439. The molecule has 0 saturated carbocycles. The van der Waals surface area contributed by atoms with Gasteiger partial charge in [-0.05, 0) is 41.3 Å². The van der Waals surface area contributed by atoms with Crippen molar-refractivity contribution in [2.24, 2.45) is 0 Å². The van der Waals surface area contributed by atoms with Gasteiger partial charge < -0.3 is 19.2 Å². The van der Waals surface area contributed by atoms with Gasteiger partial charge in [0.25, 0.3) is 5.91 Å². The van der Waals surface area contributed by atoms with Crippen molar-refractivity contribution in [1.29, 1.82) is 0 Å². The lowest BCUT2D eigenvalue weighted by Gasteiger charge is -2.19. The Balaban J connectivity index is 1.45. The van der Waals surface area contributed by atoms with Crippen LogP contribution in [0.2, 0.25) is 0 Å². The van der Waals surface area contributed by atoms with E-state index in [2.05, 4.69) is 26.1 Å². The second-order valence-corrected chi connectivity index (χ2v) is 9.04. The van der Waals surface area contributed by atoms with Crippen LogP contribution in [-0.4, -0.2) is 12.7 Å². The van der Waals surface area contributed by atoms with Crippen LogP contribution in [0.3, 0.4) is 0 Å². The fourth-order valence-corrected chi connectivity index (χ4v) is 3.75. The highest BCUT2D eigenvalue weighted by Crippen LogP contribution is 2.33. The number of benzene rings is 3. The number of fused-ring (bicyclic) bond motifs is 2. The first-order valence-electron chi connectivity index (χ1n) is 10.7. The Morgan fingerprint density at radius 2 is 1.64 bits per heavy atom. The second kappa shape index (κ2) is 7.81. The molecule has 0 aliphatic carbocycles. The van der Waals surface area contributed by atoms with Crippen LogP contribution >= 0.6 is 0 Å². The van der Waals surface area contributed by atoms with E-state index < -0.39 is 0 Å². The molecule has 0 spiro atoms. The molecule has 3 aromatic carbocycles. The molecular formula is C27H23NO5. The minimum atomic E-state index is -0.302. The minimum absolute atomic E-state index is 0.0356. The van der Waals surface area contributed by atoms with Crippen LogP contribution in [0.15, 0.2) is 75.9 Å². The molecule has 6 heteroatoms. The number of amides is 1. The lowest BCUT2D eigenvalue weighted by atomic mass is 9.86. The van der Waals surface area contributed by atoms with Crippen LogP contribution in [0.25, 0.3) is 22.3 Å². The second-order valence-electron chi connectivity index (χ2n) is 9.04. The van der Waals surface area contributed by atoms with E-state index in [1.165, 1.54) is 11.6 Å². The number of hydrogen-bond acceptors (Lipinski definition) is 5. The standard InChI is InChI=1S/C27H23NO5/c1-27(2,3)18-7-4-16(5-8-18)23-14-21(29)20-10-9-19(13-24(20)33-23)28-26(30)17-6-11-22-25(12-17)32-15-31-22/h4-14H,15H2,1-3H3,(H,28,30). The highest BCUT2D eigenvalue weighted by atomic mass is 16.7. The summed E-state index contributed by atoms with van der Waals surface area (Å²) in [5.41, 5.74) is 3.27. The maximum atomic E-state index is 12.7. The van der Waals surface area contributed by atoms with Crippen LogP contribution in [-0.2, 0) is 5.41 Å². The van der Waals surface area contributed by atoms with Gasteiger partial charge in [-0.3, -0.25) is 9.59 Å². The zero-order valence-corrected chi connectivity index (χ0v) is 18.6. The van der Waals surface area contributed by atoms with Crippen molar-refractivity contribution in [2.45, 2.75) is 26.2 Å². The van der Waals surface area contributed by atoms with Gasteiger partial charge in [0.1, 0.15) is 11.3 Å². The number of nitrogens with one attached hydrogen (secondary N) is 1. The third-order valence-corrected chi connectivity index (χ3v) is 5.66. The Morgan fingerprint density at radius 1 is 0.879 bits per heavy atom. The van der Waals surface area contributed by atoms with E-state index in [1.807, 2.05) is 24.3 Å². The molecule has 2 heterocycles. The molecule has 1 aromatic heterocycles. The van der Waals surface area contributed by atoms with Crippen molar-refractivity contribution in [3.05, 3.63) is 88.1 Å². The molecule has 0 bridgehead atoms. The zero-order chi connectivity index (χ0) is 23.2. The molecule has 5 rings (SSSR count). The maximum absolute atomic E-state index is 12.7. The summed E-state index contributed by atoms with van der Waals surface area (Å²) < 4.78 is 16.7. The largest absolute Gasteiger partial charge is 0.456 e. The van der Waals surface area contributed by atoms with E-state index in [1.54, 1.807) is 36.4 Å². The lowest BCUT2D eigenvalue weighted by Crippen LogP contribution is -2.12. The fourth-order valence-electron chi connectivity index (χ4n) is 3.75. The molecule has 1 amide bonds. The van der Waals surface area contributed by atoms with Gasteiger partial charge in [-0.15, -0.1) is 0 Å². The van der Waals surface area contributed by atoms with Gasteiger partial charge >= 0.3 is 0 Å². The molecule has 1 aliphatic heterocycles. The maximum Gasteiger partial charge on any atom is 0.255 e. The zero-order valence-electron chi connectivity index (χ0n) is 18.6. The fraction of sp³-hybridized carbons (Fsp3) is 0.185. The first-order chi connectivity index (χ1) is 15.8. The molecule has 0 atom stereocenters. The molecule has 33 heavy (non-hydrogen) atoms. The molecule has 0 radical (unpaired) electrons. The van der Waals surface area contributed by atoms with Crippen LogP contribution < -0.4 is 20.2 Å². The molecule has 4 aromatic rings. The van der Waals surface area contributed by atoms with E-state index in [0.29, 0.717) is 39.5 Å². The Labute approximate surface area is 190 Å². The molecule has 0 fully saturated rings. The number of carbonyl (C=O) groups excluding carboxylic acids is 1. The summed E-state index contributed by atoms with van der Waals surface area (Å²) in [4.78, 5) is 25.4. The average molecular weight is 441 g/mol. The van der Waals surface area contributed by atoms with Gasteiger partial charge in [-0.2, -0.15) is 0 Å². The van der Waals surface area contributed by atoms with Gasteiger partial charge in [-0.25, -0.2) is 0 Å². The van der Waals surface area contributed by atoms with Crippen LogP contribution in [0.4, 0.5) is 5.69 Å². The summed E-state index contributed by atoms with van der Waals surface area (Å²) in [6.45, 7) is 6.60. The van der Waals surface area contributed by atoms with Crippen molar-refractivity contribution in [3.63, 3.8) is 0 Å². The molecule has 1 N–H and O–H groups in total. The normalized spacial score (nSPS) is 12.7. The lowest BCUT2D eigenvalue weighted by molar-refractivity contribution is 0.102. The molecule has 0 saturated heterocycles. The van der Waals surface area contributed by atoms with Gasteiger partial charge in [0.15, 0.2) is 16.9 Å². The molecule has 0 unspecified atom stereocenters. The van der Waals surface area contributed by atoms with Gasteiger partial charge in [0.05, 0.1) is 5.39 Å². The van der Waals surface area contributed by atoms with Crippen LogP contribution in [0.5, 0.6) is 11.5 Å². The van der Waals surface area contributed by atoms with Gasteiger partial charge in [-0.1, -0.05) is 45.0 Å². The van der Waals surface area contributed by atoms with E-state index in [9.17, 15) is 9.59 Å². The van der Waals surface area contributed by atoms with Gasteiger partial charge in [0.2, 0.25) is 6.79 Å². The Hall–Kier alpha value is -4.06. The predicted octanol–water partition coefficient (Wildman–Crippen LogP) is 5.74. The summed E-state index contributed by atoms with van der Waals surface area (Å²) in [5, 5.41) is 3.30. The monoisotopic (exact) mass is 441 g/mol. The smallest absolute Gasteiger partial charge is 0.255 e. The van der Waals surface area contributed by atoms with E-state index in [4.69, 9.17) is 13.9 Å². The Kier molecular flexibility index (Phi) is 4.93. The number of ether oxygens (including phenoxy) is 2. The first kappa shape index (κ1) is 20.8. The topological polar surface area (TPSA) is 77.8 Å². The number of hydrogen-bond donors (Lipinski definition) is 1. The third-order valence-electron chi connectivity index (χ3n) is 5.66. The van der Waals surface area contributed by atoms with E-state index in [0.717, 1.165) is 5.56 Å². The minimum Gasteiger partial charge on any atom is -0.456 e. The van der Waals surface area contributed by atoms with Crippen molar-refractivity contribution in [2.75, 3.05) is 12.1 Å². The number of anilines is 1. The summed E-state index contributed by atoms with van der Waals surface area (Å²) >= 11 is 0. The molecule has 1 aliphatic rings. The van der Waals surface area contributed by atoms with E-state index in [-0.39, 0.29) is 23.5 Å². The van der Waals surface area contributed by atoms with Crippen molar-refractivity contribution < 1.29 is 18.7 Å². The number of rotatable bonds is 3. The van der Waals surface area contributed by atoms with Crippen molar-refractivity contribution in [3.8, 4) is 22.8 Å². The molecule has 166 valence electrons. The van der Waals surface area contributed by atoms with Crippen LogP contribution in [0, 0.1) is 0 Å². The van der Waals surface area contributed by atoms with Gasteiger partial charge in [0, 0.05) is 28.9 Å². The highest BCUT2D eigenvalue weighted by molar-refractivity contribution is 6.05. The first-order valence-corrected chi connectivity index (χ1v) is 10.7. The number of carbonyl (C=O) groups is 1. The molecular weight excluding hydrogens is 418 g/mol. The highest BCUT2D eigenvalue weighted by Gasteiger charge is 2.17. The summed E-state index contributed by atoms with van der Waals surface area (Å²) in [7, 11) is 0. The third kappa shape index (κ3) is 4.07.